The Morgan fingerprint density at radius 1 is 1.40 bits per heavy atom. The maximum Gasteiger partial charge on any atom is 0.169 e. The van der Waals surface area contributed by atoms with Gasteiger partial charge in [-0.1, -0.05) is 36.0 Å². The summed E-state index contributed by atoms with van der Waals surface area (Å²) >= 11 is 4.97. The Labute approximate surface area is 95.7 Å². The Balaban J connectivity index is 2.87. The van der Waals surface area contributed by atoms with E-state index in [2.05, 4.69) is 5.32 Å². The molecule has 1 aromatic carbocycles. The van der Waals surface area contributed by atoms with Crippen molar-refractivity contribution in [3.63, 3.8) is 0 Å². The van der Waals surface area contributed by atoms with E-state index in [4.69, 9.17) is 12.2 Å². The number of Topliss-reactive ketones (excluding diaryl/α,β-unsaturated/α-hetero) is 1. The highest BCUT2D eigenvalue weighted by molar-refractivity contribution is 7.80. The lowest BCUT2D eigenvalue weighted by atomic mass is 10.0. The van der Waals surface area contributed by atoms with E-state index in [1.165, 1.54) is 5.56 Å². The number of thiocarbonyl (C=S) groups is 1. The van der Waals surface area contributed by atoms with Crippen LogP contribution in [0, 0.1) is 13.8 Å². The molecule has 0 unspecified atom stereocenters. The highest BCUT2D eigenvalue weighted by atomic mass is 32.1. The SMILES string of the molecule is CNC(=S)CC(=O)c1ccc(C)cc1C. The lowest BCUT2D eigenvalue weighted by Crippen LogP contribution is -2.19. The van der Waals surface area contributed by atoms with E-state index in [1.54, 1.807) is 7.05 Å². The van der Waals surface area contributed by atoms with E-state index in [0.29, 0.717) is 4.99 Å². The monoisotopic (exact) mass is 221 g/mol. The number of rotatable bonds is 3. The number of nitrogens with one attached hydrogen (secondary N) is 1. The molecule has 0 aliphatic carbocycles. The second-order valence-electron chi connectivity index (χ2n) is 3.59. The summed E-state index contributed by atoms with van der Waals surface area (Å²) < 4.78 is 0. The lowest BCUT2D eigenvalue weighted by Gasteiger charge is -2.06. The van der Waals surface area contributed by atoms with Crippen molar-refractivity contribution in [2.45, 2.75) is 20.3 Å². The zero-order valence-corrected chi connectivity index (χ0v) is 10.1. The van der Waals surface area contributed by atoms with Gasteiger partial charge in [0.05, 0.1) is 11.4 Å². The molecule has 0 saturated heterocycles. The molecule has 0 aliphatic rings. The Bertz CT molecular complexity index is 399. The molecule has 1 aromatic rings. The molecule has 0 spiro atoms. The van der Waals surface area contributed by atoms with Crippen molar-refractivity contribution in [1.82, 2.24) is 5.32 Å². The van der Waals surface area contributed by atoms with Gasteiger partial charge in [-0.25, -0.2) is 0 Å². The first-order valence-corrected chi connectivity index (χ1v) is 5.26. The van der Waals surface area contributed by atoms with Crippen molar-refractivity contribution in [3.8, 4) is 0 Å². The summed E-state index contributed by atoms with van der Waals surface area (Å²) in [4.78, 5) is 12.4. The third-order valence-corrected chi connectivity index (χ3v) is 2.63. The van der Waals surface area contributed by atoms with Crippen LogP contribution in [-0.4, -0.2) is 17.8 Å². The summed E-state index contributed by atoms with van der Waals surface area (Å²) in [7, 11) is 1.73. The molecular formula is C12H15NOS. The van der Waals surface area contributed by atoms with E-state index in [1.807, 2.05) is 32.0 Å². The van der Waals surface area contributed by atoms with Gasteiger partial charge in [-0.05, 0) is 19.4 Å². The van der Waals surface area contributed by atoms with E-state index in [0.717, 1.165) is 11.1 Å². The van der Waals surface area contributed by atoms with Crippen LogP contribution in [-0.2, 0) is 0 Å². The molecule has 80 valence electrons. The van der Waals surface area contributed by atoms with Gasteiger partial charge in [-0.2, -0.15) is 0 Å². The van der Waals surface area contributed by atoms with Crippen LogP contribution in [0.15, 0.2) is 18.2 Å². The zero-order valence-electron chi connectivity index (χ0n) is 9.26. The molecule has 0 atom stereocenters. The van der Waals surface area contributed by atoms with Crippen molar-refractivity contribution in [1.29, 1.82) is 0 Å². The minimum absolute atomic E-state index is 0.0758. The Kier molecular flexibility index (Phi) is 3.97. The van der Waals surface area contributed by atoms with Crippen LogP contribution in [0.3, 0.4) is 0 Å². The van der Waals surface area contributed by atoms with Crippen molar-refractivity contribution in [2.24, 2.45) is 0 Å². The lowest BCUT2D eigenvalue weighted by molar-refractivity contribution is 0.1000. The van der Waals surface area contributed by atoms with E-state index >= 15 is 0 Å². The average molecular weight is 221 g/mol. The van der Waals surface area contributed by atoms with Gasteiger partial charge in [0.2, 0.25) is 0 Å². The summed E-state index contributed by atoms with van der Waals surface area (Å²) in [5.41, 5.74) is 2.94. The first-order valence-electron chi connectivity index (χ1n) is 4.85. The summed E-state index contributed by atoms with van der Waals surface area (Å²) in [6.45, 7) is 3.96. The number of aryl methyl sites for hydroxylation is 2. The van der Waals surface area contributed by atoms with Gasteiger partial charge in [0.15, 0.2) is 5.78 Å². The van der Waals surface area contributed by atoms with E-state index in [-0.39, 0.29) is 12.2 Å². The van der Waals surface area contributed by atoms with Gasteiger partial charge in [-0.15, -0.1) is 0 Å². The molecule has 0 fully saturated rings. The number of carbonyl (C=O) groups excluding carboxylic acids is 1. The fourth-order valence-electron chi connectivity index (χ4n) is 1.46. The fourth-order valence-corrected chi connectivity index (χ4v) is 1.59. The molecule has 0 bridgehead atoms. The molecule has 0 radical (unpaired) electrons. The van der Waals surface area contributed by atoms with E-state index < -0.39 is 0 Å². The summed E-state index contributed by atoms with van der Waals surface area (Å²) in [5.74, 6) is 0.0758. The fraction of sp³-hybridized carbons (Fsp3) is 0.333. The van der Waals surface area contributed by atoms with Crippen molar-refractivity contribution >= 4 is 23.0 Å². The molecule has 1 N–H and O–H groups in total. The number of ketones is 1. The molecular weight excluding hydrogens is 206 g/mol. The first kappa shape index (κ1) is 11.9. The summed E-state index contributed by atoms with van der Waals surface area (Å²) in [6, 6.07) is 5.82. The summed E-state index contributed by atoms with van der Waals surface area (Å²) in [6.07, 6.45) is 0.287. The van der Waals surface area contributed by atoms with Crippen LogP contribution < -0.4 is 5.32 Å². The second-order valence-corrected chi connectivity index (χ2v) is 4.08. The first-order chi connectivity index (χ1) is 7.04. The molecule has 1 rings (SSSR count). The standard InChI is InChI=1S/C12H15NOS/c1-8-4-5-10(9(2)6-8)11(14)7-12(15)13-3/h4-6H,7H2,1-3H3,(H,13,15). The minimum atomic E-state index is 0.0758. The quantitative estimate of drug-likeness (QED) is 0.628. The molecule has 0 heterocycles. The maximum atomic E-state index is 11.8. The molecule has 0 saturated carbocycles. The minimum Gasteiger partial charge on any atom is -0.382 e. The van der Waals surface area contributed by atoms with Crippen molar-refractivity contribution in [3.05, 3.63) is 34.9 Å². The van der Waals surface area contributed by atoms with Crippen LogP contribution in [0.2, 0.25) is 0 Å². The Morgan fingerprint density at radius 3 is 2.60 bits per heavy atom. The zero-order chi connectivity index (χ0) is 11.4. The van der Waals surface area contributed by atoms with Gasteiger partial charge >= 0.3 is 0 Å². The predicted octanol–water partition coefficient (Wildman–Crippen LogP) is 2.42. The molecule has 15 heavy (non-hydrogen) atoms. The maximum absolute atomic E-state index is 11.8. The third kappa shape index (κ3) is 3.13. The van der Waals surface area contributed by atoms with Crippen molar-refractivity contribution in [2.75, 3.05) is 7.05 Å². The Morgan fingerprint density at radius 2 is 2.07 bits per heavy atom. The smallest absolute Gasteiger partial charge is 0.169 e. The molecule has 0 aliphatic heterocycles. The van der Waals surface area contributed by atoms with Crippen molar-refractivity contribution < 1.29 is 4.79 Å². The molecule has 2 nitrogen and oxygen atoms in total. The number of carbonyl (C=O) groups is 1. The highest BCUT2D eigenvalue weighted by Gasteiger charge is 2.10. The number of benzene rings is 1. The van der Waals surface area contributed by atoms with Crippen LogP contribution in [0.25, 0.3) is 0 Å². The van der Waals surface area contributed by atoms with Gasteiger partial charge in [-0.3, -0.25) is 4.79 Å². The number of hydrogen-bond donors (Lipinski definition) is 1. The predicted molar refractivity (Wildman–Crippen MR) is 66.5 cm³/mol. The Hall–Kier alpha value is -1.22. The normalized spacial score (nSPS) is 9.80. The molecule has 0 aromatic heterocycles. The average Bonchev–Trinajstić information content (AvgIpc) is 2.17. The van der Waals surface area contributed by atoms with Gasteiger partial charge in [0.1, 0.15) is 0 Å². The van der Waals surface area contributed by atoms with Gasteiger partial charge in [0, 0.05) is 12.6 Å². The summed E-state index contributed by atoms with van der Waals surface area (Å²) in [5, 5.41) is 2.81. The van der Waals surface area contributed by atoms with Crippen LogP contribution in [0.5, 0.6) is 0 Å². The van der Waals surface area contributed by atoms with Crippen LogP contribution in [0.4, 0.5) is 0 Å². The van der Waals surface area contributed by atoms with Gasteiger partial charge in [0.25, 0.3) is 0 Å². The van der Waals surface area contributed by atoms with Crippen LogP contribution in [0.1, 0.15) is 27.9 Å². The van der Waals surface area contributed by atoms with Gasteiger partial charge < -0.3 is 5.32 Å². The third-order valence-electron chi connectivity index (χ3n) is 2.28. The van der Waals surface area contributed by atoms with E-state index in [9.17, 15) is 4.79 Å². The molecule has 0 amide bonds. The topological polar surface area (TPSA) is 29.1 Å². The van der Waals surface area contributed by atoms with Crippen LogP contribution >= 0.6 is 12.2 Å². The number of hydrogen-bond acceptors (Lipinski definition) is 2. The second kappa shape index (κ2) is 5.03. The highest BCUT2D eigenvalue weighted by Crippen LogP contribution is 2.12. The molecule has 3 heteroatoms. The largest absolute Gasteiger partial charge is 0.382 e.